The molecule has 21 heavy (non-hydrogen) atoms. The van der Waals surface area contributed by atoms with Crippen LogP contribution in [0.25, 0.3) is 0 Å². The lowest BCUT2D eigenvalue weighted by Crippen LogP contribution is -2.14. The summed E-state index contributed by atoms with van der Waals surface area (Å²) in [5.41, 5.74) is 2.17. The van der Waals surface area contributed by atoms with Crippen LogP contribution in [-0.4, -0.2) is 13.0 Å². The number of carbonyl (C=O) groups is 1. The minimum atomic E-state index is -0.802. The maximum absolute atomic E-state index is 13.7. The molecule has 0 spiro atoms. The number of amides is 1. The van der Waals surface area contributed by atoms with Gasteiger partial charge in [-0.25, -0.2) is 8.78 Å². The Morgan fingerprint density at radius 3 is 2.24 bits per heavy atom. The highest BCUT2D eigenvalue weighted by atomic mass is 19.1. The molecule has 2 rings (SSSR count). The van der Waals surface area contributed by atoms with Gasteiger partial charge in [0, 0.05) is 18.3 Å². The number of aryl methyl sites for hydroxylation is 2. The van der Waals surface area contributed by atoms with Crippen LogP contribution >= 0.6 is 0 Å². The minimum Gasteiger partial charge on any atom is -0.383 e. The van der Waals surface area contributed by atoms with Gasteiger partial charge in [0.1, 0.15) is 17.3 Å². The Labute approximate surface area is 122 Å². The number of hydrogen-bond donors (Lipinski definition) is 2. The summed E-state index contributed by atoms with van der Waals surface area (Å²) in [7, 11) is 1.41. The zero-order valence-corrected chi connectivity index (χ0v) is 12.1. The first-order valence-electron chi connectivity index (χ1n) is 6.47. The van der Waals surface area contributed by atoms with E-state index in [0.717, 1.165) is 23.3 Å². The zero-order chi connectivity index (χ0) is 15.6. The second kappa shape index (κ2) is 5.91. The van der Waals surface area contributed by atoms with Crippen molar-refractivity contribution in [1.82, 2.24) is 0 Å². The summed E-state index contributed by atoms with van der Waals surface area (Å²) in [5, 5.41) is 5.08. The Bertz CT molecular complexity index is 676. The van der Waals surface area contributed by atoms with Crippen LogP contribution in [-0.2, 0) is 0 Å². The number of nitrogens with one attached hydrogen (secondary N) is 2. The Morgan fingerprint density at radius 1 is 1.05 bits per heavy atom. The molecular weight excluding hydrogens is 274 g/mol. The second-order valence-electron chi connectivity index (χ2n) is 4.84. The number of benzene rings is 2. The van der Waals surface area contributed by atoms with Gasteiger partial charge in [0.2, 0.25) is 0 Å². The van der Waals surface area contributed by atoms with Crippen LogP contribution < -0.4 is 10.6 Å². The van der Waals surface area contributed by atoms with Gasteiger partial charge in [-0.1, -0.05) is 12.1 Å². The highest BCUT2D eigenvalue weighted by Gasteiger charge is 2.15. The van der Waals surface area contributed by atoms with Crippen LogP contribution in [0.15, 0.2) is 30.3 Å². The van der Waals surface area contributed by atoms with Crippen molar-refractivity contribution >= 4 is 17.3 Å². The van der Waals surface area contributed by atoms with Crippen LogP contribution in [0.2, 0.25) is 0 Å². The van der Waals surface area contributed by atoms with Crippen molar-refractivity contribution in [3.63, 3.8) is 0 Å². The normalized spacial score (nSPS) is 10.3. The Hall–Kier alpha value is -2.43. The molecule has 0 aromatic heterocycles. The quantitative estimate of drug-likeness (QED) is 0.900. The largest absolute Gasteiger partial charge is 0.383 e. The van der Waals surface area contributed by atoms with Gasteiger partial charge in [0.25, 0.3) is 5.91 Å². The summed E-state index contributed by atoms with van der Waals surface area (Å²) in [5.74, 6) is -2.16. The van der Waals surface area contributed by atoms with E-state index in [1.807, 2.05) is 32.0 Å². The molecule has 2 aromatic rings. The van der Waals surface area contributed by atoms with E-state index in [9.17, 15) is 13.6 Å². The van der Waals surface area contributed by atoms with E-state index in [1.165, 1.54) is 7.05 Å². The fraction of sp³-hybridized carbons (Fsp3) is 0.188. The van der Waals surface area contributed by atoms with Crippen molar-refractivity contribution in [1.29, 1.82) is 0 Å². The molecule has 5 heteroatoms. The van der Waals surface area contributed by atoms with Gasteiger partial charge in [0.15, 0.2) is 0 Å². The summed E-state index contributed by atoms with van der Waals surface area (Å²) in [6.07, 6.45) is 0. The van der Waals surface area contributed by atoms with Gasteiger partial charge < -0.3 is 10.6 Å². The molecular formula is C16H16F2N2O. The van der Waals surface area contributed by atoms with Crippen LogP contribution in [0, 0.1) is 25.5 Å². The average Bonchev–Trinajstić information content (AvgIpc) is 2.42. The number of anilines is 2. The van der Waals surface area contributed by atoms with Crippen LogP contribution in [0.4, 0.5) is 20.2 Å². The summed E-state index contributed by atoms with van der Waals surface area (Å²) in [4.78, 5) is 12.1. The summed E-state index contributed by atoms with van der Waals surface area (Å²) >= 11 is 0. The molecule has 0 heterocycles. The van der Waals surface area contributed by atoms with Crippen molar-refractivity contribution in [2.45, 2.75) is 13.8 Å². The van der Waals surface area contributed by atoms with E-state index >= 15 is 0 Å². The third-order valence-corrected chi connectivity index (χ3v) is 3.20. The fourth-order valence-electron chi connectivity index (χ4n) is 2.01. The van der Waals surface area contributed by atoms with Gasteiger partial charge in [-0.3, -0.25) is 4.79 Å². The van der Waals surface area contributed by atoms with Gasteiger partial charge in [0.05, 0.1) is 0 Å². The van der Waals surface area contributed by atoms with Crippen molar-refractivity contribution in [2.24, 2.45) is 0 Å². The molecule has 3 nitrogen and oxygen atoms in total. The number of rotatable bonds is 3. The van der Waals surface area contributed by atoms with Crippen molar-refractivity contribution < 1.29 is 13.6 Å². The first-order chi connectivity index (χ1) is 9.92. The van der Waals surface area contributed by atoms with E-state index in [1.54, 1.807) is 0 Å². The smallest absolute Gasteiger partial charge is 0.255 e. The molecule has 110 valence electrons. The van der Waals surface area contributed by atoms with E-state index in [2.05, 4.69) is 10.6 Å². The second-order valence-corrected chi connectivity index (χ2v) is 4.84. The van der Waals surface area contributed by atoms with Gasteiger partial charge in [-0.2, -0.15) is 0 Å². The molecule has 2 N–H and O–H groups in total. The predicted molar refractivity (Wildman–Crippen MR) is 79.8 cm³/mol. The molecule has 0 saturated heterocycles. The van der Waals surface area contributed by atoms with E-state index in [-0.39, 0.29) is 11.3 Å². The third-order valence-electron chi connectivity index (χ3n) is 3.20. The van der Waals surface area contributed by atoms with Crippen LogP contribution in [0.1, 0.15) is 21.5 Å². The molecule has 0 unspecified atom stereocenters. The molecule has 0 fully saturated rings. The topological polar surface area (TPSA) is 41.1 Å². The molecule has 0 atom stereocenters. The molecule has 0 aliphatic rings. The number of halogens is 2. The maximum atomic E-state index is 13.7. The minimum absolute atomic E-state index is 0.0649. The number of hydrogen-bond acceptors (Lipinski definition) is 2. The van der Waals surface area contributed by atoms with Crippen molar-refractivity contribution in [3.05, 3.63) is 58.7 Å². The first-order valence-corrected chi connectivity index (χ1v) is 6.47. The Balaban J connectivity index is 2.31. The van der Waals surface area contributed by atoms with Crippen molar-refractivity contribution in [3.8, 4) is 0 Å². The maximum Gasteiger partial charge on any atom is 0.255 e. The highest BCUT2D eigenvalue weighted by Crippen LogP contribution is 2.22. The molecule has 0 aliphatic heterocycles. The monoisotopic (exact) mass is 290 g/mol. The Morgan fingerprint density at radius 2 is 1.67 bits per heavy atom. The lowest BCUT2D eigenvalue weighted by Gasteiger charge is -2.11. The predicted octanol–water partition coefficient (Wildman–Crippen LogP) is 3.88. The summed E-state index contributed by atoms with van der Waals surface area (Å²) in [6.45, 7) is 3.75. The van der Waals surface area contributed by atoms with Gasteiger partial charge >= 0.3 is 0 Å². The average molecular weight is 290 g/mol. The van der Waals surface area contributed by atoms with Crippen molar-refractivity contribution in [2.75, 3.05) is 17.7 Å². The summed E-state index contributed by atoms with van der Waals surface area (Å²) in [6, 6.07) is 7.62. The molecule has 2 aromatic carbocycles. The Kier molecular flexibility index (Phi) is 4.21. The molecule has 0 saturated carbocycles. The van der Waals surface area contributed by atoms with E-state index < -0.39 is 17.5 Å². The zero-order valence-electron chi connectivity index (χ0n) is 12.1. The number of carbonyl (C=O) groups excluding carboxylic acids is 1. The lowest BCUT2D eigenvalue weighted by molar-refractivity contribution is 0.102. The molecule has 0 radical (unpaired) electrons. The summed E-state index contributed by atoms with van der Waals surface area (Å²) < 4.78 is 27.3. The van der Waals surface area contributed by atoms with Gasteiger partial charge in [-0.05, 0) is 43.2 Å². The highest BCUT2D eigenvalue weighted by molar-refractivity contribution is 6.04. The van der Waals surface area contributed by atoms with Crippen LogP contribution in [0.5, 0.6) is 0 Å². The van der Waals surface area contributed by atoms with Gasteiger partial charge in [-0.15, -0.1) is 0 Å². The van der Waals surface area contributed by atoms with Crippen LogP contribution in [0.3, 0.4) is 0 Å². The third kappa shape index (κ3) is 3.18. The lowest BCUT2D eigenvalue weighted by atomic mass is 10.1. The standard InChI is InChI=1S/C16H16F2N2O/c1-9-4-5-10(2)14(6-9)20-16(21)11-7-12(17)15(19-3)13(18)8-11/h4-8,19H,1-3H3,(H,20,21). The van der Waals surface area contributed by atoms with E-state index in [0.29, 0.717) is 5.69 Å². The molecule has 0 bridgehead atoms. The molecule has 1 amide bonds. The van der Waals surface area contributed by atoms with E-state index in [4.69, 9.17) is 0 Å². The fourth-order valence-corrected chi connectivity index (χ4v) is 2.01. The molecule has 0 aliphatic carbocycles. The SMILES string of the molecule is CNc1c(F)cc(C(=O)Nc2cc(C)ccc2C)cc1F. The first kappa shape index (κ1) is 15.0.